The van der Waals surface area contributed by atoms with Crippen molar-refractivity contribution in [3.63, 3.8) is 0 Å². The Morgan fingerprint density at radius 3 is 2.62 bits per heavy atom. The molecule has 0 radical (unpaired) electrons. The van der Waals surface area contributed by atoms with Crippen LogP contribution in [-0.2, 0) is 10.0 Å². The maximum absolute atomic E-state index is 12.3. The predicted octanol–water partition coefficient (Wildman–Crippen LogP) is 2.77. The molecule has 21 heavy (non-hydrogen) atoms. The molecule has 3 N–H and O–H groups in total. The molecule has 0 fully saturated rings. The van der Waals surface area contributed by atoms with Gasteiger partial charge in [0.1, 0.15) is 5.75 Å². The fourth-order valence-corrected chi connectivity index (χ4v) is 3.24. The number of anilines is 1. The highest BCUT2D eigenvalue weighted by atomic mass is 32.2. The molecule has 0 spiro atoms. The zero-order chi connectivity index (χ0) is 15.9. The Bertz CT molecular complexity index is 544. The average molecular weight is 314 g/mol. The summed E-state index contributed by atoms with van der Waals surface area (Å²) in [4.78, 5) is 0.180. The van der Waals surface area contributed by atoms with Crippen LogP contribution in [0.2, 0.25) is 0 Å². The lowest BCUT2D eigenvalue weighted by Crippen LogP contribution is -2.29. The number of methoxy groups -OCH3 is 1. The Morgan fingerprint density at radius 1 is 1.33 bits per heavy atom. The minimum Gasteiger partial charge on any atom is -0.495 e. The lowest BCUT2D eigenvalue weighted by Gasteiger charge is -2.16. The molecular formula is C15H26N2O3S. The molecule has 0 bridgehead atoms. The van der Waals surface area contributed by atoms with Crippen molar-refractivity contribution in [2.24, 2.45) is 5.92 Å². The van der Waals surface area contributed by atoms with Gasteiger partial charge in [-0.15, -0.1) is 0 Å². The summed E-state index contributed by atoms with van der Waals surface area (Å²) in [5.74, 6) is 0.742. The van der Waals surface area contributed by atoms with Gasteiger partial charge in [-0.3, -0.25) is 0 Å². The van der Waals surface area contributed by atoms with Crippen LogP contribution in [0.15, 0.2) is 23.1 Å². The lowest BCUT2D eigenvalue weighted by atomic mass is 10.00. The quantitative estimate of drug-likeness (QED) is 0.687. The SMILES string of the molecule is CCCCC(CC)CNS(=O)(=O)c1ccc(N)c(OC)c1. The van der Waals surface area contributed by atoms with E-state index in [1.165, 1.54) is 19.2 Å². The third kappa shape index (κ3) is 5.21. The van der Waals surface area contributed by atoms with Crippen LogP contribution in [-0.4, -0.2) is 22.1 Å². The third-order valence-electron chi connectivity index (χ3n) is 3.62. The second kappa shape index (κ2) is 8.24. The van der Waals surface area contributed by atoms with Crippen molar-refractivity contribution in [2.75, 3.05) is 19.4 Å². The van der Waals surface area contributed by atoms with E-state index < -0.39 is 10.0 Å². The maximum atomic E-state index is 12.3. The average Bonchev–Trinajstić information content (AvgIpc) is 2.47. The first kappa shape index (κ1) is 17.8. The number of unbranched alkanes of at least 4 members (excludes halogenated alkanes) is 1. The molecule has 120 valence electrons. The number of sulfonamides is 1. The minimum atomic E-state index is -3.53. The van der Waals surface area contributed by atoms with Crippen molar-refractivity contribution >= 4 is 15.7 Å². The molecule has 0 aliphatic carbocycles. The lowest BCUT2D eigenvalue weighted by molar-refractivity contribution is 0.415. The van der Waals surface area contributed by atoms with E-state index >= 15 is 0 Å². The molecule has 6 heteroatoms. The minimum absolute atomic E-state index is 0.180. The van der Waals surface area contributed by atoms with E-state index in [1.807, 2.05) is 0 Å². The highest BCUT2D eigenvalue weighted by Crippen LogP contribution is 2.24. The van der Waals surface area contributed by atoms with Crippen LogP contribution in [0.5, 0.6) is 5.75 Å². The van der Waals surface area contributed by atoms with E-state index in [-0.39, 0.29) is 4.90 Å². The third-order valence-corrected chi connectivity index (χ3v) is 5.04. The Kier molecular flexibility index (Phi) is 6.98. The Labute approximate surface area is 127 Å². The van der Waals surface area contributed by atoms with Crippen LogP contribution in [0.4, 0.5) is 5.69 Å². The van der Waals surface area contributed by atoms with Crippen molar-refractivity contribution in [1.29, 1.82) is 0 Å². The number of hydrogen-bond donors (Lipinski definition) is 2. The van der Waals surface area contributed by atoms with E-state index in [0.717, 1.165) is 25.7 Å². The van der Waals surface area contributed by atoms with Gasteiger partial charge in [0.25, 0.3) is 0 Å². The topological polar surface area (TPSA) is 81.4 Å². The van der Waals surface area contributed by atoms with E-state index in [0.29, 0.717) is 23.9 Å². The molecule has 1 aromatic rings. The van der Waals surface area contributed by atoms with Gasteiger partial charge in [0.15, 0.2) is 0 Å². The number of hydrogen-bond acceptors (Lipinski definition) is 4. The molecule has 0 aliphatic rings. The van der Waals surface area contributed by atoms with Gasteiger partial charge in [-0.2, -0.15) is 0 Å². The highest BCUT2D eigenvalue weighted by Gasteiger charge is 2.17. The first-order valence-electron chi connectivity index (χ1n) is 7.37. The fourth-order valence-electron chi connectivity index (χ4n) is 2.11. The van der Waals surface area contributed by atoms with E-state index in [2.05, 4.69) is 18.6 Å². The van der Waals surface area contributed by atoms with Gasteiger partial charge in [-0.05, 0) is 24.5 Å². The monoisotopic (exact) mass is 314 g/mol. The van der Waals surface area contributed by atoms with Crippen LogP contribution in [0.3, 0.4) is 0 Å². The zero-order valence-electron chi connectivity index (χ0n) is 13.1. The van der Waals surface area contributed by atoms with E-state index in [1.54, 1.807) is 6.07 Å². The Balaban J connectivity index is 2.77. The molecule has 0 saturated carbocycles. The zero-order valence-corrected chi connectivity index (χ0v) is 13.9. The number of rotatable bonds is 9. The molecule has 0 amide bonds. The van der Waals surface area contributed by atoms with Crippen LogP contribution in [0, 0.1) is 5.92 Å². The smallest absolute Gasteiger partial charge is 0.240 e. The maximum Gasteiger partial charge on any atom is 0.240 e. The fraction of sp³-hybridized carbons (Fsp3) is 0.600. The summed E-state index contributed by atoms with van der Waals surface area (Å²) in [6.45, 7) is 4.68. The molecule has 1 atom stereocenters. The Hall–Kier alpha value is -1.27. The van der Waals surface area contributed by atoms with Crippen molar-refractivity contribution in [1.82, 2.24) is 4.72 Å². The molecule has 0 aliphatic heterocycles. The van der Waals surface area contributed by atoms with Crippen molar-refractivity contribution < 1.29 is 13.2 Å². The van der Waals surface area contributed by atoms with Crippen LogP contribution < -0.4 is 15.2 Å². The summed E-state index contributed by atoms with van der Waals surface area (Å²) in [6.07, 6.45) is 4.25. The summed E-state index contributed by atoms with van der Waals surface area (Å²) in [7, 11) is -2.06. The second-order valence-electron chi connectivity index (χ2n) is 5.17. The van der Waals surface area contributed by atoms with Gasteiger partial charge in [-0.25, -0.2) is 13.1 Å². The summed E-state index contributed by atoms with van der Waals surface area (Å²) >= 11 is 0. The normalized spacial score (nSPS) is 13.1. The van der Waals surface area contributed by atoms with Gasteiger partial charge in [-0.1, -0.05) is 33.1 Å². The number of benzene rings is 1. The summed E-state index contributed by atoms with van der Waals surface area (Å²) in [6, 6.07) is 4.49. The summed E-state index contributed by atoms with van der Waals surface area (Å²) in [5, 5.41) is 0. The summed E-state index contributed by atoms with van der Waals surface area (Å²) < 4.78 is 32.3. The first-order chi connectivity index (χ1) is 9.94. The molecule has 5 nitrogen and oxygen atoms in total. The second-order valence-corrected chi connectivity index (χ2v) is 6.94. The van der Waals surface area contributed by atoms with Gasteiger partial charge in [0.2, 0.25) is 10.0 Å². The Morgan fingerprint density at radius 2 is 2.05 bits per heavy atom. The van der Waals surface area contributed by atoms with Crippen LogP contribution in [0.25, 0.3) is 0 Å². The van der Waals surface area contributed by atoms with Crippen LogP contribution >= 0.6 is 0 Å². The molecule has 0 heterocycles. The molecule has 1 aromatic carbocycles. The molecule has 0 aromatic heterocycles. The van der Waals surface area contributed by atoms with Crippen molar-refractivity contribution in [3.8, 4) is 5.75 Å². The van der Waals surface area contributed by atoms with Gasteiger partial charge in [0.05, 0.1) is 17.7 Å². The summed E-state index contributed by atoms with van der Waals surface area (Å²) in [5.41, 5.74) is 6.12. The molecule has 0 saturated heterocycles. The van der Waals surface area contributed by atoms with Gasteiger partial charge in [0, 0.05) is 12.6 Å². The molecular weight excluding hydrogens is 288 g/mol. The van der Waals surface area contributed by atoms with E-state index in [9.17, 15) is 8.42 Å². The predicted molar refractivity (Wildman–Crippen MR) is 85.9 cm³/mol. The number of ether oxygens (including phenoxy) is 1. The van der Waals surface area contributed by atoms with Crippen LogP contribution in [0.1, 0.15) is 39.5 Å². The van der Waals surface area contributed by atoms with Crippen molar-refractivity contribution in [2.45, 2.75) is 44.4 Å². The van der Waals surface area contributed by atoms with E-state index in [4.69, 9.17) is 10.5 Å². The first-order valence-corrected chi connectivity index (χ1v) is 8.86. The number of nitrogen functional groups attached to an aromatic ring is 1. The van der Waals surface area contributed by atoms with Crippen molar-refractivity contribution in [3.05, 3.63) is 18.2 Å². The van der Waals surface area contributed by atoms with Gasteiger partial charge >= 0.3 is 0 Å². The molecule has 1 unspecified atom stereocenters. The number of nitrogens with two attached hydrogens (primary N) is 1. The largest absolute Gasteiger partial charge is 0.495 e. The molecule has 1 rings (SSSR count). The number of nitrogens with one attached hydrogen (secondary N) is 1. The van der Waals surface area contributed by atoms with Gasteiger partial charge < -0.3 is 10.5 Å². The standard InChI is InChI=1S/C15H26N2O3S/c1-4-6-7-12(5-2)11-17-21(18,19)13-8-9-14(16)15(10-13)20-3/h8-10,12,17H,4-7,11,16H2,1-3H3. The highest BCUT2D eigenvalue weighted by molar-refractivity contribution is 7.89.